The lowest BCUT2D eigenvalue weighted by Gasteiger charge is -2.12. The van der Waals surface area contributed by atoms with Crippen molar-refractivity contribution in [1.29, 1.82) is 0 Å². The highest BCUT2D eigenvalue weighted by atomic mass is 79.9. The van der Waals surface area contributed by atoms with Crippen LogP contribution in [0.2, 0.25) is 0 Å². The van der Waals surface area contributed by atoms with E-state index in [0.29, 0.717) is 10.2 Å². The Balaban J connectivity index is 2.40. The van der Waals surface area contributed by atoms with Crippen LogP contribution in [0, 0.1) is 5.82 Å². The third kappa shape index (κ3) is 3.29. The van der Waals surface area contributed by atoms with Crippen molar-refractivity contribution in [2.45, 2.75) is 4.90 Å². The van der Waals surface area contributed by atoms with E-state index in [0.717, 1.165) is 6.07 Å². The van der Waals surface area contributed by atoms with Crippen LogP contribution in [0.3, 0.4) is 0 Å². The van der Waals surface area contributed by atoms with Gasteiger partial charge in [-0.1, -0.05) is 22.0 Å². The fourth-order valence-corrected chi connectivity index (χ4v) is 3.05. The number of nitrogens with one attached hydrogen (secondary N) is 1. The molecule has 0 amide bonds. The second-order valence-electron chi connectivity index (χ2n) is 3.91. The van der Waals surface area contributed by atoms with E-state index in [-0.39, 0.29) is 10.6 Å². The number of ether oxygens (including phenoxy) is 1. The minimum absolute atomic E-state index is 0.153. The van der Waals surface area contributed by atoms with Crippen LogP contribution >= 0.6 is 15.9 Å². The SMILES string of the molecule is COc1ccc(Br)cc1NS(=O)(=O)c1cccc(F)c1. The Morgan fingerprint density at radius 1 is 1.20 bits per heavy atom. The number of methoxy groups -OCH3 is 1. The molecule has 0 aliphatic rings. The van der Waals surface area contributed by atoms with E-state index >= 15 is 0 Å². The number of hydrogen-bond donors (Lipinski definition) is 1. The third-order valence-corrected chi connectivity index (χ3v) is 4.37. The molecular formula is C13H11BrFNO3S. The summed E-state index contributed by atoms with van der Waals surface area (Å²) in [4.78, 5) is -0.153. The van der Waals surface area contributed by atoms with Crippen molar-refractivity contribution < 1.29 is 17.5 Å². The van der Waals surface area contributed by atoms with Crippen LogP contribution in [0.15, 0.2) is 51.8 Å². The van der Waals surface area contributed by atoms with Gasteiger partial charge in [0.1, 0.15) is 11.6 Å². The minimum Gasteiger partial charge on any atom is -0.495 e. The van der Waals surface area contributed by atoms with Crippen LogP contribution in [0.5, 0.6) is 5.75 Å². The fraction of sp³-hybridized carbons (Fsp3) is 0.0769. The maximum atomic E-state index is 13.1. The highest BCUT2D eigenvalue weighted by molar-refractivity contribution is 9.10. The predicted octanol–water partition coefficient (Wildman–Crippen LogP) is 3.40. The summed E-state index contributed by atoms with van der Waals surface area (Å²) in [5.41, 5.74) is 0.270. The van der Waals surface area contributed by atoms with Gasteiger partial charge in [0.15, 0.2) is 0 Å². The van der Waals surface area contributed by atoms with Crippen molar-refractivity contribution >= 4 is 31.6 Å². The highest BCUT2D eigenvalue weighted by Crippen LogP contribution is 2.30. The molecule has 0 saturated heterocycles. The Kier molecular flexibility index (Phi) is 4.29. The third-order valence-electron chi connectivity index (χ3n) is 2.51. The van der Waals surface area contributed by atoms with Gasteiger partial charge in [-0.3, -0.25) is 4.72 Å². The summed E-state index contributed by atoms with van der Waals surface area (Å²) >= 11 is 3.25. The number of rotatable bonds is 4. The topological polar surface area (TPSA) is 55.4 Å². The molecule has 0 radical (unpaired) electrons. The summed E-state index contributed by atoms with van der Waals surface area (Å²) in [6.07, 6.45) is 0. The predicted molar refractivity (Wildman–Crippen MR) is 77.9 cm³/mol. The molecule has 4 nitrogen and oxygen atoms in total. The van der Waals surface area contributed by atoms with Gasteiger partial charge in [-0.15, -0.1) is 0 Å². The molecule has 0 saturated carbocycles. The van der Waals surface area contributed by atoms with Crippen molar-refractivity contribution in [2.24, 2.45) is 0 Å². The zero-order valence-corrected chi connectivity index (χ0v) is 12.8. The first-order chi connectivity index (χ1) is 9.42. The van der Waals surface area contributed by atoms with E-state index in [1.54, 1.807) is 18.2 Å². The molecule has 0 unspecified atom stereocenters. The number of benzene rings is 2. The van der Waals surface area contributed by atoms with E-state index in [4.69, 9.17) is 4.74 Å². The Hall–Kier alpha value is -1.60. The Morgan fingerprint density at radius 2 is 1.95 bits per heavy atom. The molecule has 0 atom stereocenters. The fourth-order valence-electron chi connectivity index (χ4n) is 1.60. The standard InChI is InChI=1S/C13H11BrFNO3S/c1-19-13-6-5-9(14)7-12(13)16-20(17,18)11-4-2-3-10(15)8-11/h2-8,16H,1H3. The summed E-state index contributed by atoms with van der Waals surface area (Å²) in [5, 5.41) is 0. The summed E-state index contributed by atoms with van der Waals surface area (Å²) < 4.78 is 45.6. The van der Waals surface area contributed by atoms with E-state index < -0.39 is 15.8 Å². The molecule has 2 rings (SSSR count). The summed E-state index contributed by atoms with van der Waals surface area (Å²) in [6, 6.07) is 9.69. The number of halogens is 2. The first-order valence-electron chi connectivity index (χ1n) is 5.54. The van der Waals surface area contributed by atoms with Gasteiger partial charge in [0.25, 0.3) is 10.0 Å². The molecule has 0 aliphatic heterocycles. The van der Waals surface area contributed by atoms with Crippen molar-refractivity contribution in [2.75, 3.05) is 11.8 Å². The Bertz CT molecular complexity index is 734. The molecule has 2 aromatic carbocycles. The van der Waals surface area contributed by atoms with Gasteiger partial charge >= 0.3 is 0 Å². The van der Waals surface area contributed by atoms with Crippen LogP contribution in [-0.2, 0) is 10.0 Å². The maximum absolute atomic E-state index is 13.1. The van der Waals surface area contributed by atoms with Gasteiger partial charge in [-0.2, -0.15) is 0 Å². The van der Waals surface area contributed by atoms with Gasteiger partial charge in [-0.05, 0) is 36.4 Å². The second-order valence-corrected chi connectivity index (χ2v) is 6.51. The van der Waals surface area contributed by atoms with E-state index in [1.807, 2.05) is 0 Å². The Labute approximate surface area is 124 Å². The lowest BCUT2D eigenvalue weighted by atomic mass is 10.3. The van der Waals surface area contributed by atoms with Crippen LogP contribution in [-0.4, -0.2) is 15.5 Å². The quantitative estimate of drug-likeness (QED) is 0.909. The van der Waals surface area contributed by atoms with Crippen LogP contribution in [0.25, 0.3) is 0 Å². The smallest absolute Gasteiger partial charge is 0.262 e. The zero-order valence-electron chi connectivity index (χ0n) is 10.4. The molecule has 0 heterocycles. The molecule has 20 heavy (non-hydrogen) atoms. The van der Waals surface area contributed by atoms with Crippen molar-refractivity contribution in [3.05, 3.63) is 52.8 Å². The number of anilines is 1. The van der Waals surface area contributed by atoms with Crippen LogP contribution in [0.1, 0.15) is 0 Å². The van der Waals surface area contributed by atoms with Crippen LogP contribution < -0.4 is 9.46 Å². The molecule has 0 aliphatic carbocycles. The number of sulfonamides is 1. The lowest BCUT2D eigenvalue weighted by Crippen LogP contribution is -2.13. The van der Waals surface area contributed by atoms with E-state index in [1.165, 1.54) is 25.3 Å². The monoisotopic (exact) mass is 359 g/mol. The average Bonchev–Trinajstić information content (AvgIpc) is 2.38. The average molecular weight is 360 g/mol. The van der Waals surface area contributed by atoms with Gasteiger partial charge in [0.05, 0.1) is 17.7 Å². The van der Waals surface area contributed by atoms with E-state index in [9.17, 15) is 12.8 Å². The minimum atomic E-state index is -3.88. The number of hydrogen-bond acceptors (Lipinski definition) is 3. The van der Waals surface area contributed by atoms with Gasteiger partial charge in [-0.25, -0.2) is 12.8 Å². The van der Waals surface area contributed by atoms with Crippen LogP contribution in [0.4, 0.5) is 10.1 Å². The van der Waals surface area contributed by atoms with Gasteiger partial charge in [0, 0.05) is 4.47 Å². The van der Waals surface area contributed by atoms with Crippen molar-refractivity contribution in [1.82, 2.24) is 0 Å². The molecule has 0 spiro atoms. The lowest BCUT2D eigenvalue weighted by molar-refractivity contribution is 0.417. The molecule has 0 aromatic heterocycles. The largest absolute Gasteiger partial charge is 0.495 e. The maximum Gasteiger partial charge on any atom is 0.262 e. The molecule has 0 fully saturated rings. The highest BCUT2D eigenvalue weighted by Gasteiger charge is 2.17. The summed E-state index contributed by atoms with van der Waals surface area (Å²) in [5.74, 6) is -0.248. The van der Waals surface area contributed by atoms with Crippen molar-refractivity contribution in [3.8, 4) is 5.75 Å². The molecule has 1 N–H and O–H groups in total. The summed E-state index contributed by atoms with van der Waals surface area (Å²) in [6.45, 7) is 0. The second kappa shape index (κ2) is 5.80. The molecule has 7 heteroatoms. The first-order valence-corrected chi connectivity index (χ1v) is 7.82. The first kappa shape index (κ1) is 14.8. The van der Waals surface area contributed by atoms with Gasteiger partial charge < -0.3 is 4.74 Å². The molecule has 106 valence electrons. The molecular weight excluding hydrogens is 349 g/mol. The Morgan fingerprint density at radius 3 is 2.60 bits per heavy atom. The molecule has 0 bridgehead atoms. The summed E-state index contributed by atoms with van der Waals surface area (Å²) in [7, 11) is -2.44. The zero-order chi connectivity index (χ0) is 14.8. The van der Waals surface area contributed by atoms with Crippen molar-refractivity contribution in [3.63, 3.8) is 0 Å². The normalized spacial score (nSPS) is 11.2. The van der Waals surface area contributed by atoms with E-state index in [2.05, 4.69) is 20.7 Å². The van der Waals surface area contributed by atoms with Gasteiger partial charge in [0.2, 0.25) is 0 Å². The molecule has 2 aromatic rings.